The van der Waals surface area contributed by atoms with E-state index in [2.05, 4.69) is 15.0 Å². The van der Waals surface area contributed by atoms with Crippen molar-refractivity contribution in [1.29, 1.82) is 0 Å². The molecule has 1 aliphatic heterocycles. The lowest BCUT2D eigenvalue weighted by Gasteiger charge is -2.33. The average molecular weight is 430 g/mol. The third kappa shape index (κ3) is 3.81. The summed E-state index contributed by atoms with van der Waals surface area (Å²) >= 11 is 0. The van der Waals surface area contributed by atoms with Crippen LogP contribution in [0.1, 0.15) is 12.1 Å². The van der Waals surface area contributed by atoms with Gasteiger partial charge in [-0.15, -0.1) is 0 Å². The maximum absolute atomic E-state index is 13.2. The monoisotopic (exact) mass is 430 g/mol. The van der Waals surface area contributed by atoms with Crippen LogP contribution in [0, 0.1) is 5.41 Å². The van der Waals surface area contributed by atoms with E-state index in [1.165, 1.54) is 24.4 Å². The van der Waals surface area contributed by atoms with Crippen molar-refractivity contribution in [2.75, 3.05) is 18.0 Å². The second-order valence-corrected chi connectivity index (χ2v) is 6.40. The van der Waals surface area contributed by atoms with Crippen LogP contribution in [0.4, 0.5) is 45.3 Å². The number of halogens is 9. The second kappa shape index (κ2) is 6.73. The zero-order valence-electron chi connectivity index (χ0n) is 14.2. The van der Waals surface area contributed by atoms with Crippen LogP contribution in [0.15, 0.2) is 30.5 Å². The summed E-state index contributed by atoms with van der Waals surface area (Å²) in [5, 5.41) is 0. The van der Waals surface area contributed by atoms with Gasteiger partial charge in [0, 0.05) is 25.4 Å². The number of rotatable bonds is 2. The normalized spacial score (nSPS) is 17.6. The number of anilines is 1. The van der Waals surface area contributed by atoms with Crippen molar-refractivity contribution in [2.45, 2.75) is 24.9 Å². The fourth-order valence-electron chi connectivity index (χ4n) is 2.98. The van der Waals surface area contributed by atoms with Gasteiger partial charge in [0.15, 0.2) is 16.9 Å². The van der Waals surface area contributed by atoms with Gasteiger partial charge >= 0.3 is 18.5 Å². The highest BCUT2D eigenvalue weighted by Crippen LogP contribution is 2.56. The lowest BCUT2D eigenvalue weighted by atomic mass is 9.85. The van der Waals surface area contributed by atoms with Crippen LogP contribution in [0.2, 0.25) is 0 Å². The molecule has 2 aromatic heterocycles. The molecule has 2 aromatic rings. The van der Waals surface area contributed by atoms with Crippen LogP contribution in [-0.4, -0.2) is 40.4 Å². The highest BCUT2D eigenvalue weighted by atomic mass is 19.4. The quantitative estimate of drug-likeness (QED) is 0.638. The van der Waals surface area contributed by atoms with Crippen molar-refractivity contribution in [3.8, 4) is 11.5 Å². The van der Waals surface area contributed by atoms with Crippen LogP contribution < -0.4 is 4.90 Å². The number of hydrogen-bond donors (Lipinski definition) is 0. The molecule has 0 radical (unpaired) electrons. The lowest BCUT2D eigenvalue weighted by molar-refractivity contribution is -0.332. The maximum atomic E-state index is 13.2. The van der Waals surface area contributed by atoms with Crippen LogP contribution in [-0.2, 0) is 6.18 Å². The Hall–Kier alpha value is -2.60. The molecule has 0 N–H and O–H groups in total. The zero-order valence-corrected chi connectivity index (χ0v) is 14.2. The maximum Gasteiger partial charge on any atom is 0.433 e. The molecule has 1 fully saturated rings. The highest BCUT2D eigenvalue weighted by molar-refractivity contribution is 5.54. The molecule has 3 heterocycles. The summed E-state index contributed by atoms with van der Waals surface area (Å²) < 4.78 is 119. The van der Waals surface area contributed by atoms with Gasteiger partial charge in [-0.25, -0.2) is 9.97 Å². The highest BCUT2D eigenvalue weighted by Gasteiger charge is 2.72. The first kappa shape index (κ1) is 21.1. The molecule has 0 aromatic carbocycles. The summed E-state index contributed by atoms with van der Waals surface area (Å²) in [7, 11) is 0. The summed E-state index contributed by atoms with van der Waals surface area (Å²) in [5.41, 5.74) is -5.68. The molecule has 0 spiro atoms. The average Bonchev–Trinajstić information content (AvgIpc) is 3.08. The van der Waals surface area contributed by atoms with Gasteiger partial charge in [0.25, 0.3) is 0 Å². The van der Waals surface area contributed by atoms with E-state index in [-0.39, 0.29) is 5.69 Å². The number of pyridine rings is 1. The van der Waals surface area contributed by atoms with E-state index in [9.17, 15) is 39.5 Å². The molecule has 0 amide bonds. The van der Waals surface area contributed by atoms with Crippen LogP contribution in [0.5, 0.6) is 0 Å². The molecular weight excluding hydrogens is 419 g/mol. The summed E-state index contributed by atoms with van der Waals surface area (Å²) in [6.45, 7) is -2.38. The Bertz CT molecular complexity index is 861. The SMILES string of the molecule is FC(F)(F)c1cc(N2CCC(C(F)(F)F)(C(F)(F)F)C2)nc(-c2ccccn2)n1. The first-order valence-corrected chi connectivity index (χ1v) is 8.01. The van der Waals surface area contributed by atoms with Gasteiger partial charge in [0.2, 0.25) is 0 Å². The molecule has 4 nitrogen and oxygen atoms in total. The first-order chi connectivity index (χ1) is 13.2. The molecule has 3 rings (SSSR count). The van der Waals surface area contributed by atoms with Crippen molar-refractivity contribution < 1.29 is 39.5 Å². The summed E-state index contributed by atoms with van der Waals surface area (Å²) in [6, 6.07) is 4.47. The fraction of sp³-hybridized carbons (Fsp3) is 0.438. The van der Waals surface area contributed by atoms with Gasteiger partial charge < -0.3 is 4.90 Å². The Labute approximate surface area is 157 Å². The molecule has 29 heavy (non-hydrogen) atoms. The smallest absolute Gasteiger partial charge is 0.355 e. The van der Waals surface area contributed by atoms with Gasteiger partial charge in [0.05, 0.1) is 0 Å². The molecule has 158 valence electrons. The Kier molecular flexibility index (Phi) is 4.90. The predicted octanol–water partition coefficient (Wildman–Crippen LogP) is 4.88. The van der Waals surface area contributed by atoms with E-state index in [0.717, 1.165) is 0 Å². The fourth-order valence-corrected chi connectivity index (χ4v) is 2.98. The molecule has 0 aliphatic carbocycles. The van der Waals surface area contributed by atoms with Crippen molar-refractivity contribution in [2.24, 2.45) is 5.41 Å². The minimum Gasteiger partial charge on any atom is -0.355 e. The zero-order chi connectivity index (χ0) is 21.7. The third-order valence-corrected chi connectivity index (χ3v) is 4.58. The topological polar surface area (TPSA) is 41.9 Å². The second-order valence-electron chi connectivity index (χ2n) is 6.40. The minimum atomic E-state index is -5.64. The van der Waals surface area contributed by atoms with Crippen LogP contribution in [0.25, 0.3) is 11.5 Å². The number of nitrogens with zero attached hydrogens (tertiary/aromatic N) is 4. The lowest BCUT2D eigenvalue weighted by Crippen LogP contribution is -2.51. The van der Waals surface area contributed by atoms with Crippen LogP contribution >= 0.6 is 0 Å². The van der Waals surface area contributed by atoms with Gasteiger partial charge in [0.1, 0.15) is 11.5 Å². The molecule has 0 bridgehead atoms. The van der Waals surface area contributed by atoms with Crippen molar-refractivity contribution in [1.82, 2.24) is 15.0 Å². The standard InChI is InChI=1S/C16H11F9N4/c17-14(18,19)10-7-11(28-12(27-10)9-3-1-2-5-26-9)29-6-4-13(8-29,15(20,21)22)16(23,24)25/h1-3,5,7H,4,6,8H2. The molecule has 0 saturated carbocycles. The van der Waals surface area contributed by atoms with Gasteiger partial charge in [-0.3, -0.25) is 4.98 Å². The molecule has 1 aliphatic rings. The van der Waals surface area contributed by atoms with Gasteiger partial charge in [-0.2, -0.15) is 39.5 Å². The van der Waals surface area contributed by atoms with Crippen molar-refractivity contribution >= 4 is 5.82 Å². The van der Waals surface area contributed by atoms with E-state index >= 15 is 0 Å². The van der Waals surface area contributed by atoms with Gasteiger partial charge in [-0.05, 0) is 18.6 Å². The summed E-state index contributed by atoms with van der Waals surface area (Å²) in [4.78, 5) is 11.4. The molecule has 0 unspecified atom stereocenters. The third-order valence-electron chi connectivity index (χ3n) is 4.58. The first-order valence-electron chi connectivity index (χ1n) is 8.01. The Morgan fingerprint density at radius 1 is 0.897 bits per heavy atom. The largest absolute Gasteiger partial charge is 0.433 e. The molecule has 13 heteroatoms. The molecule has 0 atom stereocenters. The van der Waals surface area contributed by atoms with Gasteiger partial charge in [-0.1, -0.05) is 6.07 Å². The minimum absolute atomic E-state index is 0.114. The van der Waals surface area contributed by atoms with E-state index in [1.54, 1.807) is 0 Å². The van der Waals surface area contributed by atoms with E-state index < -0.39 is 60.8 Å². The summed E-state index contributed by atoms with van der Waals surface area (Å²) in [5.74, 6) is -1.25. The van der Waals surface area contributed by atoms with E-state index in [1.807, 2.05) is 0 Å². The predicted molar refractivity (Wildman–Crippen MR) is 81.6 cm³/mol. The van der Waals surface area contributed by atoms with Crippen molar-refractivity contribution in [3.05, 3.63) is 36.2 Å². The number of aromatic nitrogens is 3. The van der Waals surface area contributed by atoms with Crippen molar-refractivity contribution in [3.63, 3.8) is 0 Å². The number of alkyl halides is 9. The Morgan fingerprint density at radius 3 is 2.03 bits per heavy atom. The Balaban J connectivity index is 2.07. The summed E-state index contributed by atoms with van der Waals surface area (Å²) in [6.07, 6.45) is -16.4. The molecular formula is C16H11F9N4. The number of hydrogen-bond acceptors (Lipinski definition) is 4. The Morgan fingerprint density at radius 2 is 1.55 bits per heavy atom. The van der Waals surface area contributed by atoms with E-state index in [4.69, 9.17) is 0 Å². The van der Waals surface area contributed by atoms with Crippen LogP contribution in [0.3, 0.4) is 0 Å². The van der Waals surface area contributed by atoms with E-state index in [0.29, 0.717) is 11.0 Å². The molecule has 1 saturated heterocycles.